The van der Waals surface area contributed by atoms with Crippen LogP contribution in [0.1, 0.15) is 5.56 Å². The number of ether oxygens (including phenoxy) is 1. The molecule has 0 aliphatic carbocycles. The highest BCUT2D eigenvalue weighted by Crippen LogP contribution is 2.27. The zero-order chi connectivity index (χ0) is 17.4. The van der Waals surface area contributed by atoms with Gasteiger partial charge in [-0.25, -0.2) is 0 Å². The van der Waals surface area contributed by atoms with Gasteiger partial charge in [0.1, 0.15) is 5.75 Å². The molecule has 0 aromatic heterocycles. The van der Waals surface area contributed by atoms with Crippen LogP contribution in [0, 0.1) is 0 Å². The van der Waals surface area contributed by atoms with Crippen molar-refractivity contribution >= 4 is 55.1 Å². The Balaban J connectivity index is 1.68. The quantitative estimate of drug-likeness (QED) is 0.460. The van der Waals surface area contributed by atoms with E-state index in [2.05, 4.69) is 48.0 Å². The van der Waals surface area contributed by atoms with Gasteiger partial charge in [0.15, 0.2) is 11.7 Å². The molecule has 0 aliphatic rings. The van der Waals surface area contributed by atoms with Crippen molar-refractivity contribution < 1.29 is 9.53 Å². The van der Waals surface area contributed by atoms with Crippen LogP contribution >= 0.6 is 44.1 Å². The van der Waals surface area contributed by atoms with E-state index in [0.717, 1.165) is 14.5 Å². The summed E-state index contributed by atoms with van der Waals surface area (Å²) in [5, 5.41) is 3.33. The largest absolute Gasteiger partial charge is 0.483 e. The van der Waals surface area contributed by atoms with E-state index in [0.29, 0.717) is 17.4 Å². The van der Waals surface area contributed by atoms with E-state index in [-0.39, 0.29) is 12.5 Å². The maximum atomic E-state index is 11.8. The Hall–Kier alpha value is -1.64. The number of thiocarbonyl (C=S) groups is 1. The molecular formula is C16H15Br2N3O2S. The predicted octanol–water partition coefficient (Wildman–Crippen LogP) is 3.29. The van der Waals surface area contributed by atoms with Crippen molar-refractivity contribution in [1.82, 2.24) is 16.2 Å². The lowest BCUT2D eigenvalue weighted by Gasteiger charge is -2.12. The molecular weight excluding hydrogens is 458 g/mol. The number of carbonyl (C=O) groups is 1. The van der Waals surface area contributed by atoms with Gasteiger partial charge >= 0.3 is 0 Å². The molecule has 0 aliphatic heterocycles. The fraction of sp³-hybridized carbons (Fsp3) is 0.125. The van der Waals surface area contributed by atoms with E-state index in [9.17, 15) is 4.79 Å². The fourth-order valence-corrected chi connectivity index (χ4v) is 3.01. The minimum absolute atomic E-state index is 0.130. The van der Waals surface area contributed by atoms with Crippen LogP contribution in [-0.4, -0.2) is 17.6 Å². The highest BCUT2D eigenvalue weighted by Gasteiger charge is 2.06. The fourth-order valence-electron chi connectivity index (χ4n) is 1.72. The number of nitrogens with one attached hydrogen (secondary N) is 3. The van der Waals surface area contributed by atoms with Gasteiger partial charge < -0.3 is 10.1 Å². The number of benzene rings is 2. The Bertz CT molecular complexity index is 714. The second-order valence-electron chi connectivity index (χ2n) is 4.70. The van der Waals surface area contributed by atoms with Crippen molar-refractivity contribution in [2.24, 2.45) is 0 Å². The zero-order valence-electron chi connectivity index (χ0n) is 12.5. The van der Waals surface area contributed by atoms with Gasteiger partial charge in [0.25, 0.3) is 5.91 Å². The van der Waals surface area contributed by atoms with Gasteiger partial charge in [-0.1, -0.05) is 46.3 Å². The van der Waals surface area contributed by atoms with Gasteiger partial charge in [-0.2, -0.15) is 0 Å². The summed E-state index contributed by atoms with van der Waals surface area (Å²) in [5.74, 6) is 0.242. The van der Waals surface area contributed by atoms with Crippen LogP contribution in [0.2, 0.25) is 0 Å². The first-order valence-electron chi connectivity index (χ1n) is 6.99. The number of hydrogen-bond acceptors (Lipinski definition) is 3. The van der Waals surface area contributed by atoms with E-state index in [1.807, 2.05) is 42.5 Å². The van der Waals surface area contributed by atoms with Crippen LogP contribution in [0.15, 0.2) is 57.5 Å². The summed E-state index contributed by atoms with van der Waals surface area (Å²) in [6, 6.07) is 15.3. The summed E-state index contributed by atoms with van der Waals surface area (Å²) in [6.45, 7) is 0.444. The van der Waals surface area contributed by atoms with Gasteiger partial charge in [0.05, 0.1) is 4.47 Å². The lowest BCUT2D eigenvalue weighted by Crippen LogP contribution is -2.48. The molecule has 0 spiro atoms. The first-order chi connectivity index (χ1) is 11.5. The second kappa shape index (κ2) is 9.61. The average Bonchev–Trinajstić information content (AvgIpc) is 2.58. The van der Waals surface area contributed by atoms with E-state index < -0.39 is 0 Å². The molecule has 1 amide bonds. The van der Waals surface area contributed by atoms with Crippen LogP contribution in [0.5, 0.6) is 5.75 Å². The molecule has 126 valence electrons. The van der Waals surface area contributed by atoms with Crippen molar-refractivity contribution in [3.8, 4) is 5.75 Å². The topological polar surface area (TPSA) is 62.4 Å². The van der Waals surface area contributed by atoms with Gasteiger partial charge in [0, 0.05) is 11.0 Å². The van der Waals surface area contributed by atoms with Crippen molar-refractivity contribution in [3.05, 3.63) is 63.0 Å². The Morgan fingerprint density at radius 2 is 1.83 bits per heavy atom. The summed E-state index contributed by atoms with van der Waals surface area (Å²) >= 11 is 11.8. The standard InChI is InChI=1S/C16H15Br2N3O2S/c17-12-6-7-14(13(18)8-12)23-10-15(22)20-21-16(24)19-9-11-4-2-1-3-5-11/h1-8H,9-10H2,(H,20,22)(H2,19,21,24). The molecule has 0 saturated heterocycles. The highest BCUT2D eigenvalue weighted by molar-refractivity contribution is 9.11. The smallest absolute Gasteiger partial charge is 0.276 e. The molecule has 0 atom stereocenters. The molecule has 8 heteroatoms. The van der Waals surface area contributed by atoms with Gasteiger partial charge in [-0.15, -0.1) is 0 Å². The van der Waals surface area contributed by atoms with E-state index in [1.165, 1.54) is 0 Å². The van der Waals surface area contributed by atoms with Crippen molar-refractivity contribution in [2.75, 3.05) is 6.61 Å². The lowest BCUT2D eigenvalue weighted by atomic mass is 10.2. The first-order valence-corrected chi connectivity index (χ1v) is 8.98. The third kappa shape index (κ3) is 6.46. The van der Waals surface area contributed by atoms with Crippen LogP contribution in [-0.2, 0) is 11.3 Å². The van der Waals surface area contributed by atoms with E-state index in [1.54, 1.807) is 6.07 Å². The molecule has 24 heavy (non-hydrogen) atoms. The summed E-state index contributed by atoms with van der Waals surface area (Å²) in [6.07, 6.45) is 0. The first kappa shape index (κ1) is 18.7. The Labute approximate surface area is 162 Å². The number of hydrazine groups is 1. The third-order valence-corrected chi connectivity index (χ3v) is 4.22. The van der Waals surface area contributed by atoms with Crippen molar-refractivity contribution in [3.63, 3.8) is 0 Å². The summed E-state index contributed by atoms with van der Waals surface area (Å²) in [5.41, 5.74) is 6.21. The number of rotatable bonds is 5. The predicted molar refractivity (Wildman–Crippen MR) is 104 cm³/mol. The number of amides is 1. The lowest BCUT2D eigenvalue weighted by molar-refractivity contribution is -0.123. The summed E-state index contributed by atoms with van der Waals surface area (Å²) in [4.78, 5) is 11.8. The number of carbonyl (C=O) groups excluding carboxylic acids is 1. The number of hydrogen-bond donors (Lipinski definition) is 3. The highest BCUT2D eigenvalue weighted by atomic mass is 79.9. The molecule has 2 aromatic rings. The van der Waals surface area contributed by atoms with Gasteiger partial charge in [-0.3, -0.25) is 15.6 Å². The van der Waals surface area contributed by atoms with Crippen LogP contribution in [0.3, 0.4) is 0 Å². The van der Waals surface area contributed by atoms with Gasteiger partial charge in [0.2, 0.25) is 0 Å². The molecule has 0 heterocycles. The van der Waals surface area contributed by atoms with Crippen LogP contribution in [0.25, 0.3) is 0 Å². The minimum Gasteiger partial charge on any atom is -0.483 e. The van der Waals surface area contributed by atoms with Crippen molar-refractivity contribution in [2.45, 2.75) is 6.54 Å². The molecule has 3 N–H and O–H groups in total. The van der Waals surface area contributed by atoms with Crippen LogP contribution < -0.4 is 20.9 Å². The maximum absolute atomic E-state index is 11.8. The minimum atomic E-state index is -0.339. The molecule has 2 aromatic carbocycles. The van der Waals surface area contributed by atoms with Gasteiger partial charge in [-0.05, 0) is 51.9 Å². The maximum Gasteiger partial charge on any atom is 0.276 e. The molecule has 0 fully saturated rings. The molecule has 0 radical (unpaired) electrons. The summed E-state index contributed by atoms with van der Waals surface area (Å²) in [7, 11) is 0. The van der Waals surface area contributed by atoms with E-state index >= 15 is 0 Å². The third-order valence-electron chi connectivity index (χ3n) is 2.86. The Morgan fingerprint density at radius 3 is 2.54 bits per heavy atom. The Morgan fingerprint density at radius 1 is 1.08 bits per heavy atom. The SMILES string of the molecule is O=C(COc1ccc(Br)cc1Br)NNC(=S)NCc1ccccc1. The normalized spacial score (nSPS) is 9.92. The zero-order valence-corrected chi connectivity index (χ0v) is 16.5. The molecule has 2 rings (SSSR count). The van der Waals surface area contributed by atoms with Crippen LogP contribution in [0.4, 0.5) is 0 Å². The van der Waals surface area contributed by atoms with E-state index in [4.69, 9.17) is 17.0 Å². The summed E-state index contributed by atoms with van der Waals surface area (Å²) < 4.78 is 7.11. The number of halogens is 2. The molecule has 0 saturated carbocycles. The Kier molecular flexibility index (Phi) is 7.48. The monoisotopic (exact) mass is 471 g/mol. The molecule has 0 bridgehead atoms. The molecule has 0 unspecified atom stereocenters. The molecule has 5 nitrogen and oxygen atoms in total. The second-order valence-corrected chi connectivity index (χ2v) is 6.88. The average molecular weight is 473 g/mol. The van der Waals surface area contributed by atoms with Crippen molar-refractivity contribution in [1.29, 1.82) is 0 Å².